The molecule has 1 saturated heterocycles. The summed E-state index contributed by atoms with van der Waals surface area (Å²) in [6.07, 6.45) is 1.85. The van der Waals surface area contributed by atoms with Crippen molar-refractivity contribution in [3.8, 4) is 0 Å². The van der Waals surface area contributed by atoms with Crippen LogP contribution < -0.4 is 10.6 Å². The van der Waals surface area contributed by atoms with Crippen molar-refractivity contribution in [1.82, 2.24) is 19.6 Å². The average molecular weight is 309 g/mol. The molecule has 21 heavy (non-hydrogen) atoms. The van der Waals surface area contributed by atoms with Gasteiger partial charge in [-0.05, 0) is 32.6 Å². The van der Waals surface area contributed by atoms with Crippen LogP contribution in [0, 0.1) is 12.8 Å². The first-order valence-electron chi connectivity index (χ1n) is 6.64. The number of aryl methyl sites for hydroxylation is 1. The first-order chi connectivity index (χ1) is 9.90. The van der Waals surface area contributed by atoms with Crippen molar-refractivity contribution < 1.29 is 14.4 Å². The van der Waals surface area contributed by atoms with Gasteiger partial charge in [0.25, 0.3) is 5.91 Å². The molecule has 1 saturated carbocycles. The van der Waals surface area contributed by atoms with Crippen LogP contribution in [-0.2, 0) is 9.59 Å². The Kier molecular flexibility index (Phi) is 3.16. The normalized spacial score (nSPS) is 25.1. The standard InChI is InChI=1S/C12H15N5O3S/c1-6-13-10(21-16-6)14-8(18)5-17-9(19)12(2,7-3-4-7)15-11(17)20/h7H,3-5H2,1-2H3,(H,15,20)(H,13,14,16,18). The molecule has 0 radical (unpaired) electrons. The van der Waals surface area contributed by atoms with E-state index in [1.165, 1.54) is 0 Å². The predicted octanol–water partition coefficient (Wildman–Crippen LogP) is 0.506. The summed E-state index contributed by atoms with van der Waals surface area (Å²) in [5.41, 5.74) is -0.864. The van der Waals surface area contributed by atoms with Crippen molar-refractivity contribution in [2.45, 2.75) is 32.2 Å². The SMILES string of the molecule is Cc1nsc(NC(=O)CN2C(=O)NC(C)(C3CC3)C2=O)n1. The largest absolute Gasteiger partial charge is 0.325 e. The summed E-state index contributed by atoms with van der Waals surface area (Å²) in [6, 6.07) is -0.516. The maximum Gasteiger partial charge on any atom is 0.325 e. The Morgan fingerprint density at radius 2 is 2.24 bits per heavy atom. The molecular weight excluding hydrogens is 294 g/mol. The molecule has 4 amide bonds. The molecule has 3 rings (SSSR count). The van der Waals surface area contributed by atoms with Crippen LogP contribution in [0.4, 0.5) is 9.93 Å². The number of nitrogens with zero attached hydrogens (tertiary/aromatic N) is 3. The van der Waals surface area contributed by atoms with Crippen LogP contribution >= 0.6 is 11.5 Å². The van der Waals surface area contributed by atoms with E-state index in [9.17, 15) is 14.4 Å². The maximum atomic E-state index is 12.3. The van der Waals surface area contributed by atoms with Gasteiger partial charge < -0.3 is 5.32 Å². The third-order valence-electron chi connectivity index (χ3n) is 3.77. The van der Waals surface area contributed by atoms with E-state index in [0.717, 1.165) is 29.3 Å². The summed E-state index contributed by atoms with van der Waals surface area (Å²) in [7, 11) is 0. The van der Waals surface area contributed by atoms with Gasteiger partial charge >= 0.3 is 6.03 Å². The van der Waals surface area contributed by atoms with Crippen LogP contribution in [0.5, 0.6) is 0 Å². The quantitative estimate of drug-likeness (QED) is 0.788. The van der Waals surface area contributed by atoms with E-state index in [2.05, 4.69) is 20.0 Å². The molecule has 1 atom stereocenters. The van der Waals surface area contributed by atoms with Gasteiger partial charge in [0, 0.05) is 11.5 Å². The van der Waals surface area contributed by atoms with Gasteiger partial charge in [0.1, 0.15) is 17.9 Å². The Hall–Kier alpha value is -2.03. The number of aromatic nitrogens is 2. The average Bonchev–Trinajstić information content (AvgIpc) is 3.16. The van der Waals surface area contributed by atoms with Crippen molar-refractivity contribution in [2.24, 2.45) is 5.92 Å². The number of amides is 4. The molecule has 2 heterocycles. The lowest BCUT2D eigenvalue weighted by Gasteiger charge is -2.20. The van der Waals surface area contributed by atoms with Gasteiger partial charge in [-0.1, -0.05) is 0 Å². The van der Waals surface area contributed by atoms with Gasteiger partial charge in [-0.2, -0.15) is 4.37 Å². The van der Waals surface area contributed by atoms with E-state index < -0.39 is 17.5 Å². The molecular formula is C12H15N5O3S. The summed E-state index contributed by atoms with van der Waals surface area (Å²) in [5.74, 6) is -0.0623. The number of urea groups is 1. The number of carbonyl (C=O) groups is 3. The minimum Gasteiger partial charge on any atom is -0.323 e. The van der Waals surface area contributed by atoms with E-state index in [-0.39, 0.29) is 18.4 Å². The lowest BCUT2D eigenvalue weighted by Crippen LogP contribution is -2.46. The molecule has 2 aliphatic rings. The number of anilines is 1. The van der Waals surface area contributed by atoms with Crippen molar-refractivity contribution in [3.63, 3.8) is 0 Å². The number of rotatable bonds is 4. The molecule has 2 fully saturated rings. The zero-order valence-corrected chi connectivity index (χ0v) is 12.5. The molecule has 1 unspecified atom stereocenters. The second-order valence-corrected chi connectivity index (χ2v) is 6.24. The van der Waals surface area contributed by atoms with Gasteiger partial charge in [0.05, 0.1) is 0 Å². The molecule has 8 nitrogen and oxygen atoms in total. The highest BCUT2D eigenvalue weighted by atomic mass is 32.1. The smallest absolute Gasteiger partial charge is 0.323 e. The monoisotopic (exact) mass is 309 g/mol. The summed E-state index contributed by atoms with van der Waals surface area (Å²) >= 11 is 1.06. The fourth-order valence-electron chi connectivity index (χ4n) is 2.45. The third-order valence-corrected chi connectivity index (χ3v) is 4.49. The van der Waals surface area contributed by atoms with Crippen LogP contribution in [0.15, 0.2) is 0 Å². The molecule has 0 bridgehead atoms. The van der Waals surface area contributed by atoms with Gasteiger partial charge in [-0.3, -0.25) is 19.8 Å². The number of carbonyl (C=O) groups excluding carboxylic acids is 3. The van der Waals surface area contributed by atoms with E-state index in [4.69, 9.17) is 0 Å². The summed E-state index contributed by atoms with van der Waals surface area (Å²) in [4.78, 5) is 41.1. The molecule has 1 aliphatic heterocycles. The van der Waals surface area contributed by atoms with Crippen molar-refractivity contribution in [2.75, 3.05) is 11.9 Å². The zero-order chi connectivity index (χ0) is 15.2. The Labute approximate surface area is 125 Å². The Morgan fingerprint density at radius 1 is 1.52 bits per heavy atom. The number of nitrogens with one attached hydrogen (secondary N) is 2. The lowest BCUT2D eigenvalue weighted by molar-refractivity contribution is -0.134. The van der Waals surface area contributed by atoms with Crippen molar-refractivity contribution in [1.29, 1.82) is 0 Å². The fraction of sp³-hybridized carbons (Fsp3) is 0.583. The highest BCUT2D eigenvalue weighted by Gasteiger charge is 2.56. The summed E-state index contributed by atoms with van der Waals surface area (Å²) in [5, 5.41) is 5.59. The minimum atomic E-state index is -0.864. The topological polar surface area (TPSA) is 104 Å². The van der Waals surface area contributed by atoms with E-state index in [1.54, 1.807) is 13.8 Å². The molecule has 0 aromatic carbocycles. The van der Waals surface area contributed by atoms with Gasteiger partial charge in [-0.25, -0.2) is 9.78 Å². The fourth-order valence-corrected chi connectivity index (χ4v) is 3.04. The Balaban J connectivity index is 1.65. The molecule has 112 valence electrons. The molecule has 9 heteroatoms. The van der Waals surface area contributed by atoms with E-state index in [0.29, 0.717) is 11.0 Å². The van der Waals surface area contributed by atoms with Crippen LogP contribution in [0.25, 0.3) is 0 Å². The molecule has 2 N–H and O–H groups in total. The predicted molar refractivity (Wildman–Crippen MR) is 74.6 cm³/mol. The highest BCUT2D eigenvalue weighted by molar-refractivity contribution is 7.09. The van der Waals surface area contributed by atoms with Crippen molar-refractivity contribution in [3.05, 3.63) is 5.82 Å². The number of hydrogen-bond acceptors (Lipinski definition) is 6. The van der Waals surface area contributed by atoms with Crippen LogP contribution in [-0.4, -0.2) is 44.2 Å². The highest BCUT2D eigenvalue weighted by Crippen LogP contribution is 2.42. The van der Waals surface area contributed by atoms with Crippen LogP contribution in [0.1, 0.15) is 25.6 Å². The molecule has 1 aromatic heterocycles. The minimum absolute atomic E-state index is 0.174. The first-order valence-corrected chi connectivity index (χ1v) is 7.42. The zero-order valence-electron chi connectivity index (χ0n) is 11.7. The number of hydrogen-bond donors (Lipinski definition) is 2. The molecule has 1 aromatic rings. The first kappa shape index (κ1) is 13.9. The van der Waals surface area contributed by atoms with Crippen LogP contribution in [0.3, 0.4) is 0 Å². The summed E-state index contributed by atoms with van der Waals surface area (Å²) < 4.78 is 3.94. The van der Waals surface area contributed by atoms with Crippen molar-refractivity contribution >= 4 is 34.5 Å². The lowest BCUT2D eigenvalue weighted by atomic mass is 9.96. The Bertz CT molecular complexity index is 626. The molecule has 0 spiro atoms. The molecule has 1 aliphatic carbocycles. The number of imide groups is 1. The Morgan fingerprint density at radius 3 is 2.81 bits per heavy atom. The van der Waals surface area contributed by atoms with E-state index >= 15 is 0 Å². The third kappa shape index (κ3) is 2.48. The maximum absolute atomic E-state index is 12.3. The second kappa shape index (κ2) is 4.76. The van der Waals surface area contributed by atoms with Gasteiger partial charge in [0.2, 0.25) is 11.0 Å². The van der Waals surface area contributed by atoms with Gasteiger partial charge in [0.15, 0.2) is 0 Å². The van der Waals surface area contributed by atoms with Gasteiger partial charge in [-0.15, -0.1) is 0 Å². The van der Waals surface area contributed by atoms with Crippen LogP contribution in [0.2, 0.25) is 0 Å². The second-order valence-electron chi connectivity index (χ2n) is 5.49. The summed E-state index contributed by atoms with van der Waals surface area (Å²) in [6.45, 7) is 3.12. The van der Waals surface area contributed by atoms with E-state index in [1.807, 2.05) is 0 Å².